The minimum absolute atomic E-state index is 0.885. The van der Waals surface area contributed by atoms with Gasteiger partial charge in [-0.25, -0.2) is 0 Å². The molecule has 0 saturated carbocycles. The summed E-state index contributed by atoms with van der Waals surface area (Å²) < 4.78 is 0. The van der Waals surface area contributed by atoms with Crippen molar-refractivity contribution in [2.45, 2.75) is 47.0 Å². The molecule has 0 amide bonds. The van der Waals surface area contributed by atoms with Crippen molar-refractivity contribution in [2.75, 3.05) is 0 Å². The maximum Gasteiger partial charge on any atom is -0.0348 e. The van der Waals surface area contributed by atoms with Crippen LogP contribution in [0, 0.1) is 11.8 Å². The molecule has 0 aliphatic heterocycles. The second-order valence-corrected chi connectivity index (χ2v) is 3.51. The molecule has 66 valence electrons. The van der Waals surface area contributed by atoms with E-state index < -0.39 is 0 Å². The van der Waals surface area contributed by atoms with E-state index in [0.717, 1.165) is 11.8 Å². The van der Waals surface area contributed by atoms with Gasteiger partial charge in [0.25, 0.3) is 0 Å². The summed E-state index contributed by atoms with van der Waals surface area (Å²) in [5.41, 5.74) is 0. The Labute approximate surface area is 71.7 Å². The molecule has 0 saturated heterocycles. The molecule has 0 radical (unpaired) electrons. The van der Waals surface area contributed by atoms with Crippen molar-refractivity contribution in [2.24, 2.45) is 11.8 Å². The van der Waals surface area contributed by atoms with Gasteiger partial charge in [-0.2, -0.15) is 0 Å². The molecule has 0 aromatic carbocycles. The van der Waals surface area contributed by atoms with Crippen molar-refractivity contribution in [1.29, 1.82) is 0 Å². The second kappa shape index (κ2) is 6.45. The average molecular weight is 154 g/mol. The molecule has 0 spiro atoms. The van der Waals surface area contributed by atoms with Crippen LogP contribution in [0.25, 0.3) is 0 Å². The Kier molecular flexibility index (Phi) is 6.30. The first kappa shape index (κ1) is 10.7. The molecular formula is C11H22. The zero-order chi connectivity index (χ0) is 8.69. The van der Waals surface area contributed by atoms with E-state index >= 15 is 0 Å². The van der Waals surface area contributed by atoms with E-state index in [9.17, 15) is 0 Å². The Morgan fingerprint density at radius 1 is 1.18 bits per heavy atom. The molecule has 0 heteroatoms. The highest BCUT2D eigenvalue weighted by atomic mass is 14.1. The van der Waals surface area contributed by atoms with Gasteiger partial charge in [-0.15, -0.1) is 0 Å². The molecule has 0 aromatic rings. The highest BCUT2D eigenvalue weighted by Gasteiger charge is 2.07. The monoisotopic (exact) mass is 154 g/mol. The average Bonchev–Trinajstić information content (AvgIpc) is 2.03. The first-order valence-electron chi connectivity index (χ1n) is 4.83. The van der Waals surface area contributed by atoms with E-state index in [1.807, 2.05) is 0 Å². The van der Waals surface area contributed by atoms with Crippen molar-refractivity contribution in [1.82, 2.24) is 0 Å². The second-order valence-electron chi connectivity index (χ2n) is 3.51. The van der Waals surface area contributed by atoms with Crippen LogP contribution in [0.4, 0.5) is 0 Å². The lowest BCUT2D eigenvalue weighted by Crippen LogP contribution is -2.05. The number of hydrogen-bond acceptors (Lipinski definition) is 0. The van der Waals surface area contributed by atoms with Gasteiger partial charge in [0.15, 0.2) is 0 Å². The molecule has 0 fully saturated rings. The van der Waals surface area contributed by atoms with Crippen LogP contribution < -0.4 is 0 Å². The van der Waals surface area contributed by atoms with Gasteiger partial charge in [0.2, 0.25) is 0 Å². The number of rotatable bonds is 5. The molecular weight excluding hydrogens is 132 g/mol. The number of hydrogen-bond donors (Lipinski definition) is 0. The van der Waals surface area contributed by atoms with E-state index in [2.05, 4.69) is 39.8 Å². The normalized spacial score (nSPS) is 17.1. The minimum Gasteiger partial charge on any atom is -0.0917 e. The largest absolute Gasteiger partial charge is 0.0917 e. The third-order valence-electron chi connectivity index (χ3n) is 2.64. The van der Waals surface area contributed by atoms with E-state index in [0.29, 0.717) is 0 Å². The van der Waals surface area contributed by atoms with Gasteiger partial charge in [-0.05, 0) is 31.6 Å². The molecule has 0 N–H and O–H groups in total. The lowest BCUT2D eigenvalue weighted by atomic mass is 9.90. The fourth-order valence-electron chi connectivity index (χ4n) is 1.21. The molecule has 0 rings (SSSR count). The van der Waals surface area contributed by atoms with Gasteiger partial charge in [-0.3, -0.25) is 0 Å². The highest BCUT2D eigenvalue weighted by Crippen LogP contribution is 2.19. The first-order chi connectivity index (χ1) is 5.22. The summed E-state index contributed by atoms with van der Waals surface area (Å²) in [6.45, 7) is 9.07. The van der Waals surface area contributed by atoms with Gasteiger partial charge >= 0.3 is 0 Å². The Morgan fingerprint density at radius 3 is 2.27 bits per heavy atom. The lowest BCUT2D eigenvalue weighted by Gasteiger charge is -2.16. The maximum atomic E-state index is 2.36. The fraction of sp³-hybridized carbons (Fsp3) is 0.818. The Balaban J connectivity index is 3.43. The van der Waals surface area contributed by atoms with Gasteiger partial charge in [-0.1, -0.05) is 39.3 Å². The zero-order valence-electron chi connectivity index (χ0n) is 8.43. The molecule has 2 unspecified atom stereocenters. The van der Waals surface area contributed by atoms with Crippen LogP contribution in [0.3, 0.4) is 0 Å². The van der Waals surface area contributed by atoms with Crippen LogP contribution in [-0.4, -0.2) is 0 Å². The van der Waals surface area contributed by atoms with Crippen LogP contribution in [0.15, 0.2) is 12.2 Å². The Bertz CT molecular complexity index is 103. The van der Waals surface area contributed by atoms with E-state index in [1.54, 1.807) is 0 Å². The molecule has 11 heavy (non-hydrogen) atoms. The van der Waals surface area contributed by atoms with Crippen molar-refractivity contribution < 1.29 is 0 Å². The van der Waals surface area contributed by atoms with Crippen molar-refractivity contribution in [3.05, 3.63) is 12.2 Å². The van der Waals surface area contributed by atoms with Crippen LogP contribution >= 0.6 is 0 Å². The summed E-state index contributed by atoms with van der Waals surface area (Å²) in [6, 6.07) is 0. The molecule has 0 bridgehead atoms. The minimum atomic E-state index is 0.885. The fourth-order valence-corrected chi connectivity index (χ4v) is 1.21. The highest BCUT2D eigenvalue weighted by molar-refractivity contribution is 4.77. The molecule has 0 aliphatic rings. The van der Waals surface area contributed by atoms with Gasteiger partial charge in [0.05, 0.1) is 0 Å². The van der Waals surface area contributed by atoms with Crippen LogP contribution in [0.2, 0.25) is 0 Å². The van der Waals surface area contributed by atoms with Gasteiger partial charge < -0.3 is 0 Å². The number of allylic oxidation sites excluding steroid dienone is 2. The predicted octanol–water partition coefficient (Wildman–Crippen LogP) is 4.02. The van der Waals surface area contributed by atoms with E-state index in [4.69, 9.17) is 0 Å². The third kappa shape index (κ3) is 5.06. The topological polar surface area (TPSA) is 0 Å². The SMILES string of the molecule is C/C=C\CCC(C)C(C)CC. The predicted molar refractivity (Wildman–Crippen MR) is 52.7 cm³/mol. The summed E-state index contributed by atoms with van der Waals surface area (Å²) in [5.74, 6) is 1.77. The summed E-state index contributed by atoms with van der Waals surface area (Å²) in [5, 5.41) is 0. The molecule has 0 aliphatic carbocycles. The molecule has 0 aromatic heterocycles. The Hall–Kier alpha value is -0.260. The van der Waals surface area contributed by atoms with Crippen LogP contribution in [-0.2, 0) is 0 Å². The summed E-state index contributed by atoms with van der Waals surface area (Å²) in [7, 11) is 0. The Morgan fingerprint density at radius 2 is 1.82 bits per heavy atom. The lowest BCUT2D eigenvalue weighted by molar-refractivity contribution is 0.357. The molecule has 0 heterocycles. The zero-order valence-corrected chi connectivity index (χ0v) is 8.43. The quantitative estimate of drug-likeness (QED) is 0.524. The maximum absolute atomic E-state index is 2.36. The third-order valence-corrected chi connectivity index (χ3v) is 2.64. The van der Waals surface area contributed by atoms with E-state index in [-0.39, 0.29) is 0 Å². The summed E-state index contributed by atoms with van der Waals surface area (Å²) in [6.07, 6.45) is 8.32. The summed E-state index contributed by atoms with van der Waals surface area (Å²) in [4.78, 5) is 0. The van der Waals surface area contributed by atoms with Crippen LogP contribution in [0.5, 0.6) is 0 Å². The summed E-state index contributed by atoms with van der Waals surface area (Å²) >= 11 is 0. The standard InChI is InChI=1S/C11H22/c1-5-7-8-9-11(4)10(3)6-2/h5,7,10-11H,6,8-9H2,1-4H3/b7-5-. The first-order valence-corrected chi connectivity index (χ1v) is 4.83. The van der Waals surface area contributed by atoms with Crippen LogP contribution in [0.1, 0.15) is 47.0 Å². The van der Waals surface area contributed by atoms with Gasteiger partial charge in [0, 0.05) is 0 Å². The van der Waals surface area contributed by atoms with Gasteiger partial charge in [0.1, 0.15) is 0 Å². The molecule has 2 atom stereocenters. The van der Waals surface area contributed by atoms with Crippen molar-refractivity contribution in [3.63, 3.8) is 0 Å². The van der Waals surface area contributed by atoms with Crippen molar-refractivity contribution >= 4 is 0 Å². The van der Waals surface area contributed by atoms with Crippen molar-refractivity contribution in [3.8, 4) is 0 Å². The smallest absolute Gasteiger partial charge is 0.0348 e. The van der Waals surface area contributed by atoms with E-state index in [1.165, 1.54) is 19.3 Å². The molecule has 0 nitrogen and oxygen atoms in total.